The van der Waals surface area contributed by atoms with Crippen LogP contribution < -0.4 is 11.3 Å². The van der Waals surface area contributed by atoms with Gasteiger partial charge in [-0.05, 0) is 22.4 Å². The fourth-order valence-electron chi connectivity index (χ4n) is 1.42. The van der Waals surface area contributed by atoms with Crippen molar-refractivity contribution in [1.29, 1.82) is 0 Å². The number of nitrogen functional groups attached to an aromatic ring is 1. The standard InChI is InChI=1S/C8H10BrN5O/c1-2-3-14-5-4(11-7(14)9)6(15)13-8(10)12-5/h2-3H2,1H3,(H3,10,12,13,15). The molecule has 7 heteroatoms. The summed E-state index contributed by atoms with van der Waals surface area (Å²) in [5.41, 5.74) is 5.99. The van der Waals surface area contributed by atoms with Crippen molar-refractivity contribution in [2.45, 2.75) is 19.9 Å². The maximum Gasteiger partial charge on any atom is 0.280 e. The minimum absolute atomic E-state index is 0.109. The Labute approximate surface area is 93.7 Å². The summed E-state index contributed by atoms with van der Waals surface area (Å²) in [6.45, 7) is 2.78. The number of nitrogens with two attached hydrogens (primary N) is 1. The van der Waals surface area contributed by atoms with Crippen molar-refractivity contribution >= 4 is 33.0 Å². The van der Waals surface area contributed by atoms with Crippen LogP contribution in [-0.2, 0) is 6.54 Å². The number of hydrogen-bond acceptors (Lipinski definition) is 4. The van der Waals surface area contributed by atoms with Crippen LogP contribution >= 0.6 is 15.9 Å². The van der Waals surface area contributed by atoms with Crippen LogP contribution in [0.25, 0.3) is 11.2 Å². The van der Waals surface area contributed by atoms with Gasteiger partial charge >= 0.3 is 0 Å². The molecule has 0 spiro atoms. The number of aryl methyl sites for hydroxylation is 1. The lowest BCUT2D eigenvalue weighted by atomic mass is 10.4. The van der Waals surface area contributed by atoms with Crippen molar-refractivity contribution in [1.82, 2.24) is 19.5 Å². The average Bonchev–Trinajstić information content (AvgIpc) is 2.46. The topological polar surface area (TPSA) is 89.6 Å². The number of imidazole rings is 1. The van der Waals surface area contributed by atoms with Gasteiger partial charge in [0.1, 0.15) is 0 Å². The minimum atomic E-state index is -0.312. The molecule has 0 unspecified atom stereocenters. The molecule has 0 radical (unpaired) electrons. The van der Waals surface area contributed by atoms with Crippen molar-refractivity contribution < 1.29 is 0 Å². The number of halogens is 1. The summed E-state index contributed by atoms with van der Waals surface area (Å²) in [5, 5.41) is 0. The SMILES string of the molecule is CCCn1c(Br)nc2c(=O)[nH]c(N)nc21. The highest BCUT2D eigenvalue weighted by Gasteiger charge is 2.12. The highest BCUT2D eigenvalue weighted by atomic mass is 79.9. The molecule has 2 rings (SSSR count). The van der Waals surface area contributed by atoms with Gasteiger partial charge < -0.3 is 10.3 Å². The molecule has 80 valence electrons. The second kappa shape index (κ2) is 3.65. The van der Waals surface area contributed by atoms with E-state index in [1.807, 2.05) is 11.5 Å². The molecule has 3 N–H and O–H groups in total. The number of aromatic nitrogens is 4. The van der Waals surface area contributed by atoms with Gasteiger partial charge in [-0.3, -0.25) is 9.78 Å². The molecule has 0 aliphatic heterocycles. The molecule has 2 aromatic heterocycles. The largest absolute Gasteiger partial charge is 0.369 e. The quantitative estimate of drug-likeness (QED) is 0.794. The number of anilines is 1. The van der Waals surface area contributed by atoms with E-state index in [4.69, 9.17) is 5.73 Å². The summed E-state index contributed by atoms with van der Waals surface area (Å²) in [6, 6.07) is 0. The molecular weight excluding hydrogens is 262 g/mol. The molecular formula is C8H10BrN5O. The Balaban J connectivity index is 2.80. The fourth-order valence-corrected chi connectivity index (χ4v) is 1.95. The highest BCUT2D eigenvalue weighted by Crippen LogP contribution is 2.16. The van der Waals surface area contributed by atoms with Gasteiger partial charge in [-0.1, -0.05) is 6.92 Å². The van der Waals surface area contributed by atoms with Crippen molar-refractivity contribution in [2.75, 3.05) is 5.73 Å². The van der Waals surface area contributed by atoms with E-state index in [0.29, 0.717) is 15.9 Å². The number of rotatable bonds is 2. The first-order chi connectivity index (χ1) is 7.13. The molecule has 0 atom stereocenters. The fraction of sp³-hybridized carbons (Fsp3) is 0.375. The van der Waals surface area contributed by atoms with Crippen LogP contribution in [0.15, 0.2) is 9.53 Å². The van der Waals surface area contributed by atoms with Crippen LogP contribution in [0.3, 0.4) is 0 Å². The third-order valence-electron chi connectivity index (χ3n) is 2.02. The molecule has 0 saturated heterocycles. The lowest BCUT2D eigenvalue weighted by Gasteiger charge is -2.01. The molecule has 15 heavy (non-hydrogen) atoms. The molecule has 0 aliphatic carbocycles. The molecule has 0 amide bonds. The maximum absolute atomic E-state index is 11.5. The Morgan fingerprint density at radius 3 is 2.93 bits per heavy atom. The molecule has 0 saturated carbocycles. The minimum Gasteiger partial charge on any atom is -0.369 e. The third kappa shape index (κ3) is 1.63. The predicted octanol–water partition coefficient (Wildman–Crippen LogP) is 0.874. The van der Waals surface area contributed by atoms with Gasteiger partial charge in [-0.15, -0.1) is 0 Å². The third-order valence-corrected chi connectivity index (χ3v) is 2.63. The monoisotopic (exact) mass is 271 g/mol. The molecule has 6 nitrogen and oxygen atoms in total. The molecule has 0 aromatic carbocycles. The molecule has 0 fully saturated rings. The first-order valence-corrected chi connectivity index (χ1v) is 5.34. The molecule has 2 aromatic rings. The van der Waals surface area contributed by atoms with E-state index in [2.05, 4.69) is 30.9 Å². The summed E-state index contributed by atoms with van der Waals surface area (Å²) in [5.74, 6) is 0.109. The van der Waals surface area contributed by atoms with Gasteiger partial charge in [0.15, 0.2) is 15.9 Å². The average molecular weight is 272 g/mol. The zero-order chi connectivity index (χ0) is 11.0. The predicted molar refractivity (Wildman–Crippen MR) is 60.6 cm³/mol. The number of aromatic amines is 1. The number of nitrogens with one attached hydrogen (secondary N) is 1. The summed E-state index contributed by atoms with van der Waals surface area (Å²) in [6.07, 6.45) is 0.929. The molecule has 2 heterocycles. The lowest BCUT2D eigenvalue weighted by molar-refractivity contribution is 0.677. The van der Waals surface area contributed by atoms with E-state index in [9.17, 15) is 4.79 Å². The van der Waals surface area contributed by atoms with Crippen molar-refractivity contribution in [3.05, 3.63) is 15.1 Å². The van der Waals surface area contributed by atoms with E-state index in [1.54, 1.807) is 0 Å². The summed E-state index contributed by atoms with van der Waals surface area (Å²) in [4.78, 5) is 22.1. The van der Waals surface area contributed by atoms with Gasteiger partial charge in [0.05, 0.1) is 0 Å². The van der Waals surface area contributed by atoms with Crippen molar-refractivity contribution in [2.24, 2.45) is 0 Å². The van der Waals surface area contributed by atoms with Crippen LogP contribution in [0.2, 0.25) is 0 Å². The first-order valence-electron chi connectivity index (χ1n) is 4.55. The van der Waals surface area contributed by atoms with E-state index in [-0.39, 0.29) is 11.5 Å². The summed E-state index contributed by atoms with van der Waals surface area (Å²) < 4.78 is 2.42. The van der Waals surface area contributed by atoms with Gasteiger partial charge in [0, 0.05) is 6.54 Å². The van der Waals surface area contributed by atoms with Crippen molar-refractivity contribution in [3.8, 4) is 0 Å². The zero-order valence-corrected chi connectivity index (χ0v) is 9.71. The molecule has 0 bridgehead atoms. The van der Waals surface area contributed by atoms with Crippen LogP contribution in [-0.4, -0.2) is 19.5 Å². The number of hydrogen-bond donors (Lipinski definition) is 2. The van der Waals surface area contributed by atoms with E-state index < -0.39 is 0 Å². The van der Waals surface area contributed by atoms with Crippen LogP contribution in [0.5, 0.6) is 0 Å². The number of H-pyrrole nitrogens is 1. The summed E-state index contributed by atoms with van der Waals surface area (Å²) in [7, 11) is 0. The van der Waals surface area contributed by atoms with Crippen LogP contribution in [0.4, 0.5) is 5.95 Å². The highest BCUT2D eigenvalue weighted by molar-refractivity contribution is 9.10. The Kier molecular flexibility index (Phi) is 2.47. The lowest BCUT2D eigenvalue weighted by Crippen LogP contribution is -2.12. The molecule has 0 aliphatic rings. The maximum atomic E-state index is 11.5. The Morgan fingerprint density at radius 2 is 2.27 bits per heavy atom. The van der Waals surface area contributed by atoms with E-state index in [0.717, 1.165) is 13.0 Å². The first kappa shape index (κ1) is 10.2. The Hall–Kier alpha value is -1.37. The van der Waals surface area contributed by atoms with Crippen molar-refractivity contribution in [3.63, 3.8) is 0 Å². The van der Waals surface area contributed by atoms with Crippen LogP contribution in [0.1, 0.15) is 13.3 Å². The number of nitrogens with zero attached hydrogens (tertiary/aromatic N) is 3. The Bertz CT molecular complexity index is 558. The smallest absolute Gasteiger partial charge is 0.280 e. The van der Waals surface area contributed by atoms with Crippen LogP contribution in [0, 0.1) is 0 Å². The summed E-state index contributed by atoms with van der Waals surface area (Å²) >= 11 is 3.29. The normalized spacial score (nSPS) is 11.1. The van der Waals surface area contributed by atoms with Gasteiger partial charge in [0.25, 0.3) is 5.56 Å². The van der Waals surface area contributed by atoms with Gasteiger partial charge in [0.2, 0.25) is 5.95 Å². The van der Waals surface area contributed by atoms with E-state index >= 15 is 0 Å². The second-order valence-electron chi connectivity index (χ2n) is 3.16. The Morgan fingerprint density at radius 1 is 1.53 bits per heavy atom. The number of fused-ring (bicyclic) bond motifs is 1. The van der Waals surface area contributed by atoms with Gasteiger partial charge in [-0.25, -0.2) is 4.98 Å². The second-order valence-corrected chi connectivity index (χ2v) is 3.87. The zero-order valence-electron chi connectivity index (χ0n) is 8.12. The van der Waals surface area contributed by atoms with Gasteiger partial charge in [-0.2, -0.15) is 4.98 Å². The van der Waals surface area contributed by atoms with E-state index in [1.165, 1.54) is 0 Å².